The largest absolute Gasteiger partial charge is 0.339 e. The third-order valence-electron chi connectivity index (χ3n) is 3.01. The van der Waals surface area contributed by atoms with Crippen LogP contribution in [-0.2, 0) is 0 Å². The van der Waals surface area contributed by atoms with Crippen molar-refractivity contribution in [2.24, 2.45) is 0 Å². The first-order chi connectivity index (χ1) is 9.24. The molecule has 19 heavy (non-hydrogen) atoms. The number of nitrogen functional groups attached to an aromatic ring is 1. The lowest BCUT2D eigenvalue weighted by atomic mass is 10.2. The first-order valence-electron chi connectivity index (χ1n) is 5.96. The van der Waals surface area contributed by atoms with Gasteiger partial charge in [-0.1, -0.05) is 18.2 Å². The third kappa shape index (κ3) is 2.15. The molecule has 3 aromatic rings. The number of rotatable bonds is 2. The Morgan fingerprint density at radius 2 is 1.84 bits per heavy atom. The quantitative estimate of drug-likeness (QED) is 0.688. The molecule has 0 spiro atoms. The van der Waals surface area contributed by atoms with Gasteiger partial charge in [0.1, 0.15) is 0 Å². The summed E-state index contributed by atoms with van der Waals surface area (Å²) in [4.78, 5) is 12.0. The van der Waals surface area contributed by atoms with Crippen LogP contribution in [0.3, 0.4) is 0 Å². The van der Waals surface area contributed by atoms with Crippen molar-refractivity contribution in [2.75, 3.05) is 11.2 Å². The van der Waals surface area contributed by atoms with Gasteiger partial charge in [0.05, 0.1) is 5.52 Å². The van der Waals surface area contributed by atoms with Gasteiger partial charge in [-0.25, -0.2) is 0 Å². The molecule has 0 radical (unpaired) electrons. The predicted octanol–water partition coefficient (Wildman–Crippen LogP) is 2.61. The van der Waals surface area contributed by atoms with Gasteiger partial charge < -0.3 is 11.2 Å². The molecule has 0 bridgehead atoms. The van der Waals surface area contributed by atoms with E-state index in [1.807, 2.05) is 42.5 Å². The summed E-state index contributed by atoms with van der Waals surface area (Å²) in [6.45, 7) is 0. The van der Waals surface area contributed by atoms with Crippen LogP contribution in [0.4, 0.5) is 5.69 Å². The number of carbonyl (C=O) groups excluding carboxylic acids is 1. The number of nitrogens with zero attached hydrogens (tertiary/aromatic N) is 1. The Kier molecular flexibility index (Phi) is 2.68. The van der Waals surface area contributed by atoms with Crippen molar-refractivity contribution >= 4 is 22.5 Å². The minimum atomic E-state index is -0.118. The molecule has 3 rings (SSSR count). The second kappa shape index (κ2) is 4.49. The van der Waals surface area contributed by atoms with Crippen molar-refractivity contribution in [1.29, 1.82) is 0 Å². The zero-order valence-corrected chi connectivity index (χ0v) is 10.2. The van der Waals surface area contributed by atoms with Crippen molar-refractivity contribution in [3.63, 3.8) is 0 Å². The van der Waals surface area contributed by atoms with E-state index in [2.05, 4.69) is 5.32 Å². The number of nitrogens with two attached hydrogens (primary N) is 1. The number of carbonyl (C=O) groups is 1. The number of amides is 1. The van der Waals surface area contributed by atoms with E-state index in [1.54, 1.807) is 23.0 Å². The lowest BCUT2D eigenvalue weighted by Crippen LogP contribution is -2.11. The standard InChI is InChI=1S/C15H13N3O/c16-18-9-8-12-10-13(6-7-14(12)18)17-15(19)11-4-2-1-3-5-11/h1-10H,16H2,(H,17,19). The number of nitrogens with one attached hydrogen (secondary N) is 1. The summed E-state index contributed by atoms with van der Waals surface area (Å²) in [7, 11) is 0. The number of anilines is 1. The highest BCUT2D eigenvalue weighted by atomic mass is 16.1. The summed E-state index contributed by atoms with van der Waals surface area (Å²) in [6, 6.07) is 16.7. The summed E-state index contributed by atoms with van der Waals surface area (Å²) in [5.74, 6) is 5.63. The number of fused-ring (bicyclic) bond motifs is 1. The maximum Gasteiger partial charge on any atom is 0.255 e. The van der Waals surface area contributed by atoms with Crippen LogP contribution < -0.4 is 11.2 Å². The topological polar surface area (TPSA) is 60.0 Å². The number of benzene rings is 2. The van der Waals surface area contributed by atoms with E-state index in [9.17, 15) is 4.79 Å². The van der Waals surface area contributed by atoms with Gasteiger partial charge in [0.15, 0.2) is 0 Å². The first-order valence-corrected chi connectivity index (χ1v) is 5.96. The molecule has 0 aliphatic carbocycles. The monoisotopic (exact) mass is 251 g/mol. The van der Waals surface area contributed by atoms with E-state index in [-0.39, 0.29) is 5.91 Å². The SMILES string of the molecule is Nn1ccc2cc(NC(=O)c3ccccc3)ccc21. The third-order valence-corrected chi connectivity index (χ3v) is 3.01. The second-order valence-electron chi connectivity index (χ2n) is 4.32. The molecule has 1 amide bonds. The molecule has 94 valence electrons. The normalized spacial score (nSPS) is 10.5. The van der Waals surface area contributed by atoms with Crippen molar-refractivity contribution in [2.45, 2.75) is 0 Å². The lowest BCUT2D eigenvalue weighted by molar-refractivity contribution is 0.102. The zero-order chi connectivity index (χ0) is 13.2. The van der Waals surface area contributed by atoms with E-state index in [0.29, 0.717) is 5.56 Å². The summed E-state index contributed by atoms with van der Waals surface area (Å²) < 4.78 is 1.55. The predicted molar refractivity (Wildman–Crippen MR) is 76.5 cm³/mol. The van der Waals surface area contributed by atoms with Gasteiger partial charge in [-0.05, 0) is 36.4 Å². The Labute approximate surface area is 110 Å². The Morgan fingerprint density at radius 1 is 1.05 bits per heavy atom. The van der Waals surface area contributed by atoms with E-state index in [4.69, 9.17) is 5.84 Å². The molecule has 0 aliphatic heterocycles. The zero-order valence-electron chi connectivity index (χ0n) is 10.2. The molecule has 3 N–H and O–H groups in total. The molecule has 4 nitrogen and oxygen atoms in total. The number of aromatic nitrogens is 1. The highest BCUT2D eigenvalue weighted by Gasteiger charge is 2.06. The highest BCUT2D eigenvalue weighted by molar-refractivity contribution is 6.05. The molecule has 0 aliphatic rings. The van der Waals surface area contributed by atoms with Crippen LogP contribution in [0, 0.1) is 0 Å². The fraction of sp³-hybridized carbons (Fsp3) is 0. The molecular formula is C15H13N3O. The van der Waals surface area contributed by atoms with Crippen LogP contribution in [0.25, 0.3) is 10.9 Å². The molecule has 1 heterocycles. The molecular weight excluding hydrogens is 238 g/mol. The van der Waals surface area contributed by atoms with Crippen LogP contribution in [0.15, 0.2) is 60.8 Å². The molecule has 4 heteroatoms. The van der Waals surface area contributed by atoms with Crippen molar-refractivity contribution < 1.29 is 4.79 Å². The van der Waals surface area contributed by atoms with E-state index in [0.717, 1.165) is 16.6 Å². The van der Waals surface area contributed by atoms with Crippen LogP contribution >= 0.6 is 0 Å². The van der Waals surface area contributed by atoms with E-state index >= 15 is 0 Å². The summed E-state index contributed by atoms with van der Waals surface area (Å²) in [5.41, 5.74) is 2.32. The average Bonchev–Trinajstić information content (AvgIpc) is 2.81. The van der Waals surface area contributed by atoms with Gasteiger partial charge in [-0.15, -0.1) is 0 Å². The van der Waals surface area contributed by atoms with E-state index < -0.39 is 0 Å². The lowest BCUT2D eigenvalue weighted by Gasteiger charge is -2.05. The van der Waals surface area contributed by atoms with Gasteiger partial charge in [-0.2, -0.15) is 0 Å². The number of hydrogen-bond donors (Lipinski definition) is 2. The van der Waals surface area contributed by atoms with Gasteiger partial charge in [-0.3, -0.25) is 9.47 Å². The van der Waals surface area contributed by atoms with Gasteiger partial charge in [0.25, 0.3) is 5.91 Å². The van der Waals surface area contributed by atoms with Crippen LogP contribution in [0.2, 0.25) is 0 Å². The average molecular weight is 251 g/mol. The molecule has 0 saturated carbocycles. The number of hydrogen-bond acceptors (Lipinski definition) is 2. The van der Waals surface area contributed by atoms with Gasteiger partial charge in [0.2, 0.25) is 0 Å². The summed E-state index contributed by atoms with van der Waals surface area (Å²) in [5, 5.41) is 3.86. The minimum Gasteiger partial charge on any atom is -0.339 e. The fourth-order valence-electron chi connectivity index (χ4n) is 2.03. The second-order valence-corrected chi connectivity index (χ2v) is 4.32. The molecule has 1 aromatic heterocycles. The van der Waals surface area contributed by atoms with E-state index in [1.165, 1.54) is 0 Å². The Hall–Kier alpha value is -2.75. The summed E-state index contributed by atoms with van der Waals surface area (Å²) >= 11 is 0. The smallest absolute Gasteiger partial charge is 0.255 e. The molecule has 2 aromatic carbocycles. The molecule has 0 fully saturated rings. The Balaban J connectivity index is 1.87. The van der Waals surface area contributed by atoms with Gasteiger partial charge in [0, 0.05) is 22.8 Å². The van der Waals surface area contributed by atoms with Crippen molar-refractivity contribution in [3.05, 3.63) is 66.4 Å². The first kappa shape index (κ1) is 11.3. The maximum absolute atomic E-state index is 12.0. The van der Waals surface area contributed by atoms with Crippen LogP contribution in [0.1, 0.15) is 10.4 Å². The van der Waals surface area contributed by atoms with Crippen LogP contribution in [-0.4, -0.2) is 10.6 Å². The molecule has 0 saturated heterocycles. The Morgan fingerprint density at radius 3 is 2.63 bits per heavy atom. The van der Waals surface area contributed by atoms with Crippen LogP contribution in [0.5, 0.6) is 0 Å². The fourth-order valence-corrected chi connectivity index (χ4v) is 2.03. The van der Waals surface area contributed by atoms with Gasteiger partial charge >= 0.3 is 0 Å². The van der Waals surface area contributed by atoms with Crippen molar-refractivity contribution in [3.8, 4) is 0 Å². The van der Waals surface area contributed by atoms with Crippen molar-refractivity contribution in [1.82, 2.24) is 4.68 Å². The molecule has 0 unspecified atom stereocenters. The highest BCUT2D eigenvalue weighted by Crippen LogP contribution is 2.19. The molecule has 0 atom stereocenters. The summed E-state index contributed by atoms with van der Waals surface area (Å²) in [6.07, 6.45) is 1.79. The Bertz CT molecular complexity index is 731. The maximum atomic E-state index is 12.0. The minimum absolute atomic E-state index is 0.118.